The molecule has 2 heterocycles. The first kappa shape index (κ1) is 15.4. The molecule has 0 N–H and O–H groups in total. The van der Waals surface area contributed by atoms with Crippen molar-refractivity contribution in [3.05, 3.63) is 58.8 Å². The molecule has 0 saturated carbocycles. The molecular weight excluding hydrogens is 367 g/mol. The Bertz CT molecular complexity index is 1020. The molecule has 24 heavy (non-hydrogen) atoms. The summed E-state index contributed by atoms with van der Waals surface area (Å²) in [6.07, 6.45) is 1.50. The number of halogens is 2. The molecule has 0 fully saturated rings. The molecule has 0 aliphatic carbocycles. The summed E-state index contributed by atoms with van der Waals surface area (Å²) in [5.74, 6) is 0.422. The first-order chi connectivity index (χ1) is 11.7. The highest BCUT2D eigenvalue weighted by molar-refractivity contribution is 7.99. The Morgan fingerprint density at radius 2 is 1.67 bits per heavy atom. The smallest absolute Gasteiger partial charge is 0.283 e. The largest absolute Gasteiger partial charge is 0.411 e. The third-order valence-corrected chi connectivity index (χ3v) is 4.59. The van der Waals surface area contributed by atoms with E-state index in [1.54, 1.807) is 18.2 Å². The lowest BCUT2D eigenvalue weighted by molar-refractivity contribution is 0.465. The number of aromatic nitrogens is 4. The number of benzene rings is 2. The monoisotopic (exact) mass is 374 g/mol. The molecule has 2 aromatic heterocycles. The van der Waals surface area contributed by atoms with E-state index in [2.05, 4.69) is 20.2 Å². The Morgan fingerprint density at radius 1 is 0.875 bits per heavy atom. The molecule has 0 aliphatic rings. The molecule has 0 atom stereocenters. The molecule has 0 unspecified atom stereocenters. The van der Waals surface area contributed by atoms with Gasteiger partial charge in [0.2, 0.25) is 5.89 Å². The average Bonchev–Trinajstić information content (AvgIpc) is 3.05. The highest BCUT2D eigenvalue weighted by Gasteiger charge is 2.13. The fourth-order valence-electron chi connectivity index (χ4n) is 2.13. The molecule has 0 bridgehead atoms. The third-order valence-electron chi connectivity index (χ3n) is 3.24. The zero-order valence-electron chi connectivity index (χ0n) is 12.0. The molecule has 0 amide bonds. The summed E-state index contributed by atoms with van der Waals surface area (Å²) in [7, 11) is 0. The zero-order chi connectivity index (χ0) is 16.5. The molecule has 0 aliphatic heterocycles. The van der Waals surface area contributed by atoms with E-state index in [0.717, 1.165) is 16.5 Å². The van der Waals surface area contributed by atoms with E-state index < -0.39 is 0 Å². The van der Waals surface area contributed by atoms with Gasteiger partial charge in [-0.25, -0.2) is 9.97 Å². The van der Waals surface area contributed by atoms with E-state index >= 15 is 0 Å². The number of hydrogen-bond acceptors (Lipinski definition) is 6. The van der Waals surface area contributed by atoms with Crippen LogP contribution < -0.4 is 0 Å². The molecule has 0 radical (unpaired) electrons. The van der Waals surface area contributed by atoms with E-state index in [-0.39, 0.29) is 0 Å². The van der Waals surface area contributed by atoms with Gasteiger partial charge in [-0.3, -0.25) is 0 Å². The van der Waals surface area contributed by atoms with Crippen LogP contribution in [0.25, 0.3) is 22.4 Å². The fraction of sp³-hybridized carbons (Fsp3) is 0. The van der Waals surface area contributed by atoms with Gasteiger partial charge in [0, 0.05) is 21.0 Å². The van der Waals surface area contributed by atoms with Crippen LogP contribution in [-0.4, -0.2) is 20.2 Å². The highest BCUT2D eigenvalue weighted by atomic mass is 35.5. The SMILES string of the molecule is Clc1ccc(-c2nnc(Sc3ncnc4ccc(Cl)cc34)o2)cc1. The maximum atomic E-state index is 6.06. The number of nitrogens with zero attached hydrogens (tertiary/aromatic N) is 4. The zero-order valence-corrected chi connectivity index (χ0v) is 14.3. The molecule has 4 aromatic rings. The van der Waals surface area contributed by atoms with Crippen molar-refractivity contribution in [1.82, 2.24) is 20.2 Å². The van der Waals surface area contributed by atoms with Crippen LogP contribution in [0.4, 0.5) is 0 Å². The summed E-state index contributed by atoms with van der Waals surface area (Å²) in [6.45, 7) is 0. The van der Waals surface area contributed by atoms with Gasteiger partial charge in [0.25, 0.3) is 5.22 Å². The van der Waals surface area contributed by atoms with Crippen LogP contribution in [-0.2, 0) is 0 Å². The highest BCUT2D eigenvalue weighted by Crippen LogP contribution is 2.33. The second-order valence-corrected chi connectivity index (χ2v) is 6.64. The summed E-state index contributed by atoms with van der Waals surface area (Å²) in [4.78, 5) is 8.51. The van der Waals surface area contributed by atoms with Gasteiger partial charge in [-0.05, 0) is 54.2 Å². The molecule has 5 nitrogen and oxygen atoms in total. The minimum Gasteiger partial charge on any atom is -0.411 e. The number of fused-ring (bicyclic) bond motifs is 1. The van der Waals surface area contributed by atoms with E-state index in [9.17, 15) is 0 Å². The summed E-state index contributed by atoms with van der Waals surface area (Å²) >= 11 is 13.2. The summed E-state index contributed by atoms with van der Waals surface area (Å²) in [5.41, 5.74) is 1.60. The van der Waals surface area contributed by atoms with Crippen LogP contribution in [0.1, 0.15) is 0 Å². The van der Waals surface area contributed by atoms with Crippen LogP contribution in [0, 0.1) is 0 Å². The molecule has 0 saturated heterocycles. The van der Waals surface area contributed by atoms with Gasteiger partial charge in [0.05, 0.1) is 5.52 Å². The number of rotatable bonds is 3. The van der Waals surface area contributed by atoms with E-state index in [4.69, 9.17) is 27.6 Å². The summed E-state index contributed by atoms with van der Waals surface area (Å²) in [5, 5.41) is 11.3. The van der Waals surface area contributed by atoms with E-state index in [1.165, 1.54) is 18.1 Å². The normalized spacial score (nSPS) is 11.1. The predicted octanol–water partition coefficient (Wildman–Crippen LogP) is 5.14. The van der Waals surface area contributed by atoms with Gasteiger partial charge in [-0.15, -0.1) is 10.2 Å². The Morgan fingerprint density at radius 3 is 2.50 bits per heavy atom. The van der Waals surface area contributed by atoms with Gasteiger partial charge in [0.1, 0.15) is 11.4 Å². The Hall–Kier alpha value is -2.15. The lowest BCUT2D eigenvalue weighted by Crippen LogP contribution is -1.86. The Kier molecular flexibility index (Phi) is 4.10. The van der Waals surface area contributed by atoms with Crippen LogP contribution in [0.5, 0.6) is 0 Å². The van der Waals surface area contributed by atoms with Crippen molar-refractivity contribution in [2.24, 2.45) is 0 Å². The molecule has 118 valence electrons. The van der Waals surface area contributed by atoms with Crippen molar-refractivity contribution in [1.29, 1.82) is 0 Å². The lowest BCUT2D eigenvalue weighted by atomic mass is 10.2. The first-order valence-corrected chi connectivity index (χ1v) is 8.44. The van der Waals surface area contributed by atoms with Crippen molar-refractivity contribution >= 4 is 45.9 Å². The van der Waals surface area contributed by atoms with Crippen molar-refractivity contribution in [2.45, 2.75) is 10.2 Å². The van der Waals surface area contributed by atoms with Crippen LogP contribution in [0.15, 0.2) is 63.5 Å². The Labute approximate surface area is 151 Å². The predicted molar refractivity (Wildman–Crippen MR) is 93.4 cm³/mol. The van der Waals surface area contributed by atoms with Gasteiger partial charge in [0.15, 0.2) is 0 Å². The summed E-state index contributed by atoms with van der Waals surface area (Å²) < 4.78 is 5.70. The van der Waals surface area contributed by atoms with Crippen LogP contribution in [0.2, 0.25) is 10.0 Å². The topological polar surface area (TPSA) is 64.7 Å². The van der Waals surface area contributed by atoms with Crippen molar-refractivity contribution in [2.75, 3.05) is 0 Å². The molecule has 8 heteroatoms. The second-order valence-electron chi connectivity index (χ2n) is 4.82. The first-order valence-electron chi connectivity index (χ1n) is 6.86. The van der Waals surface area contributed by atoms with Crippen molar-refractivity contribution in [3.63, 3.8) is 0 Å². The maximum Gasteiger partial charge on any atom is 0.283 e. The van der Waals surface area contributed by atoms with Gasteiger partial charge < -0.3 is 4.42 Å². The third kappa shape index (κ3) is 3.08. The van der Waals surface area contributed by atoms with Crippen LogP contribution in [0.3, 0.4) is 0 Å². The van der Waals surface area contributed by atoms with Gasteiger partial charge >= 0.3 is 0 Å². The average molecular weight is 375 g/mol. The fourth-order valence-corrected chi connectivity index (χ4v) is 3.17. The second kappa shape index (κ2) is 6.39. The summed E-state index contributed by atoms with van der Waals surface area (Å²) in [6, 6.07) is 12.6. The lowest BCUT2D eigenvalue weighted by Gasteiger charge is -2.02. The van der Waals surface area contributed by atoms with E-state index in [0.29, 0.717) is 26.2 Å². The number of hydrogen-bond donors (Lipinski definition) is 0. The standard InChI is InChI=1S/C16H8Cl2N4OS/c17-10-3-1-9(2-4-10)14-21-22-16(23-14)24-15-12-7-11(18)5-6-13(12)19-8-20-15/h1-8H. The quantitative estimate of drug-likeness (QED) is 0.462. The van der Waals surface area contributed by atoms with Crippen LogP contribution >= 0.6 is 35.0 Å². The minimum absolute atomic E-state index is 0.389. The minimum atomic E-state index is 0.389. The molecule has 2 aromatic carbocycles. The molecular formula is C16H8Cl2N4OS. The molecule has 4 rings (SSSR count). The van der Waals surface area contributed by atoms with Crippen molar-refractivity contribution in [3.8, 4) is 11.5 Å². The van der Waals surface area contributed by atoms with Gasteiger partial charge in [-0.1, -0.05) is 23.2 Å². The molecule has 0 spiro atoms. The maximum absolute atomic E-state index is 6.06. The van der Waals surface area contributed by atoms with E-state index in [1.807, 2.05) is 24.3 Å². The Balaban J connectivity index is 1.67. The van der Waals surface area contributed by atoms with Crippen molar-refractivity contribution < 1.29 is 4.42 Å². The van der Waals surface area contributed by atoms with Gasteiger partial charge in [-0.2, -0.15) is 0 Å².